The molecule has 1 fully saturated rings. The van der Waals surface area contributed by atoms with Gasteiger partial charge in [0.05, 0.1) is 12.9 Å². The van der Waals surface area contributed by atoms with Crippen LogP contribution in [0.1, 0.15) is 19.8 Å². The molecule has 0 aliphatic carbocycles. The molecule has 6 nitrogen and oxygen atoms in total. The number of aromatic nitrogens is 2. The molecule has 0 spiro atoms. The van der Waals surface area contributed by atoms with E-state index in [-0.39, 0.29) is 5.91 Å². The molecule has 25 heavy (non-hydrogen) atoms. The number of hydrogen-bond acceptors (Lipinski definition) is 7. The maximum absolute atomic E-state index is 12.3. The third-order valence-corrected chi connectivity index (χ3v) is 6.03. The Morgan fingerprint density at radius 3 is 2.92 bits per heavy atom. The Bertz CT molecular complexity index is 705. The second kappa shape index (κ2) is 8.53. The van der Waals surface area contributed by atoms with Gasteiger partial charge in [-0.15, -0.1) is 10.2 Å². The lowest BCUT2D eigenvalue weighted by Crippen LogP contribution is -2.40. The topological polar surface area (TPSA) is 67.3 Å². The molecule has 1 unspecified atom stereocenters. The van der Waals surface area contributed by atoms with E-state index in [1.165, 1.54) is 29.5 Å². The molecule has 1 aromatic heterocycles. The molecule has 8 heteroatoms. The fourth-order valence-electron chi connectivity index (χ4n) is 2.75. The van der Waals surface area contributed by atoms with Crippen LogP contribution < -0.4 is 10.1 Å². The van der Waals surface area contributed by atoms with Gasteiger partial charge in [0.25, 0.3) is 0 Å². The first kappa shape index (κ1) is 18.0. The Balaban J connectivity index is 1.50. The summed E-state index contributed by atoms with van der Waals surface area (Å²) < 4.78 is 5.94. The minimum Gasteiger partial charge on any atom is -0.497 e. The molecule has 2 aromatic rings. The highest BCUT2D eigenvalue weighted by Crippen LogP contribution is 2.28. The summed E-state index contributed by atoms with van der Waals surface area (Å²) in [5.74, 6) is 2.02. The Kier molecular flexibility index (Phi) is 6.14. The Morgan fingerprint density at radius 2 is 2.20 bits per heavy atom. The first-order valence-electron chi connectivity index (χ1n) is 8.29. The van der Waals surface area contributed by atoms with Crippen LogP contribution in [0.4, 0.5) is 10.8 Å². The molecule has 1 saturated heterocycles. The quantitative estimate of drug-likeness (QED) is 0.774. The SMILES string of the molecule is COc1ccc(Nc2nnc(SCC(=O)N3CCCC(C)C3)s2)cc1. The van der Waals surface area contributed by atoms with Crippen molar-refractivity contribution in [2.24, 2.45) is 5.92 Å². The van der Waals surface area contributed by atoms with Crippen LogP contribution >= 0.6 is 23.1 Å². The van der Waals surface area contributed by atoms with Gasteiger partial charge >= 0.3 is 0 Å². The summed E-state index contributed by atoms with van der Waals surface area (Å²) in [4.78, 5) is 14.3. The van der Waals surface area contributed by atoms with Gasteiger partial charge in [0.15, 0.2) is 4.34 Å². The minimum atomic E-state index is 0.191. The number of carbonyl (C=O) groups is 1. The number of ether oxygens (including phenoxy) is 1. The molecule has 1 aliphatic rings. The maximum atomic E-state index is 12.3. The van der Waals surface area contributed by atoms with E-state index in [4.69, 9.17) is 4.74 Å². The van der Waals surface area contributed by atoms with Crippen molar-refractivity contribution >= 4 is 39.8 Å². The first-order chi connectivity index (χ1) is 12.1. The Labute approximate surface area is 156 Å². The normalized spacial score (nSPS) is 17.4. The lowest BCUT2D eigenvalue weighted by molar-refractivity contribution is -0.130. The van der Waals surface area contributed by atoms with Gasteiger partial charge in [0, 0.05) is 18.8 Å². The molecule has 0 saturated carbocycles. The first-order valence-corrected chi connectivity index (χ1v) is 10.1. The lowest BCUT2D eigenvalue weighted by Gasteiger charge is -2.30. The highest BCUT2D eigenvalue weighted by molar-refractivity contribution is 8.01. The predicted octanol–water partition coefficient (Wildman–Crippen LogP) is 3.64. The number of thioether (sulfide) groups is 1. The molecule has 134 valence electrons. The second-order valence-corrected chi connectivity index (χ2v) is 8.30. The summed E-state index contributed by atoms with van der Waals surface area (Å²) in [5.41, 5.74) is 0.923. The van der Waals surface area contributed by atoms with Crippen molar-refractivity contribution in [1.29, 1.82) is 0 Å². The van der Waals surface area contributed by atoms with E-state index in [0.29, 0.717) is 16.8 Å². The predicted molar refractivity (Wildman–Crippen MR) is 102 cm³/mol. The zero-order valence-electron chi connectivity index (χ0n) is 14.4. The summed E-state index contributed by atoms with van der Waals surface area (Å²) in [7, 11) is 1.64. The van der Waals surface area contributed by atoms with Gasteiger partial charge in [-0.05, 0) is 43.0 Å². The Morgan fingerprint density at radius 1 is 1.40 bits per heavy atom. The molecule has 2 heterocycles. The third kappa shape index (κ3) is 5.09. The van der Waals surface area contributed by atoms with E-state index in [0.717, 1.165) is 35.3 Å². The van der Waals surface area contributed by atoms with Crippen molar-refractivity contribution in [3.05, 3.63) is 24.3 Å². The molecule has 1 N–H and O–H groups in total. The smallest absolute Gasteiger partial charge is 0.233 e. The van der Waals surface area contributed by atoms with Crippen LogP contribution in [0.3, 0.4) is 0 Å². The molecular weight excluding hydrogens is 356 g/mol. The van der Waals surface area contributed by atoms with Gasteiger partial charge in [0.2, 0.25) is 11.0 Å². The van der Waals surface area contributed by atoms with E-state index in [2.05, 4.69) is 22.4 Å². The number of nitrogens with one attached hydrogen (secondary N) is 1. The zero-order valence-corrected chi connectivity index (χ0v) is 16.0. The Hall–Kier alpha value is -1.80. The van der Waals surface area contributed by atoms with E-state index in [9.17, 15) is 4.79 Å². The second-order valence-electron chi connectivity index (χ2n) is 6.10. The van der Waals surface area contributed by atoms with Crippen molar-refractivity contribution in [3.8, 4) is 5.75 Å². The van der Waals surface area contributed by atoms with Crippen LogP contribution in [0, 0.1) is 5.92 Å². The summed E-state index contributed by atoms with van der Waals surface area (Å²) in [6.07, 6.45) is 2.32. The standard InChI is InChI=1S/C17H22N4O2S2/c1-12-4-3-9-21(10-12)15(22)11-24-17-20-19-16(25-17)18-13-5-7-14(23-2)8-6-13/h5-8,12H,3-4,9-11H2,1-2H3,(H,18,19). The lowest BCUT2D eigenvalue weighted by atomic mass is 10.0. The number of methoxy groups -OCH3 is 1. The van der Waals surface area contributed by atoms with Gasteiger partial charge in [-0.25, -0.2) is 0 Å². The molecular formula is C17H22N4O2S2. The van der Waals surface area contributed by atoms with E-state index in [1.54, 1.807) is 7.11 Å². The molecule has 1 atom stereocenters. The maximum Gasteiger partial charge on any atom is 0.233 e. The van der Waals surface area contributed by atoms with Crippen LogP contribution in [0.15, 0.2) is 28.6 Å². The van der Waals surface area contributed by atoms with Gasteiger partial charge in [-0.3, -0.25) is 4.79 Å². The van der Waals surface area contributed by atoms with Crippen LogP contribution in [-0.2, 0) is 4.79 Å². The zero-order chi connectivity index (χ0) is 17.6. The fourth-order valence-corrected chi connectivity index (χ4v) is 4.42. The van der Waals surface area contributed by atoms with Gasteiger partial charge in [-0.2, -0.15) is 0 Å². The van der Waals surface area contributed by atoms with Crippen LogP contribution in [-0.4, -0.2) is 47.0 Å². The van der Waals surface area contributed by atoms with Crippen molar-refractivity contribution < 1.29 is 9.53 Å². The molecule has 3 rings (SSSR count). The van der Waals surface area contributed by atoms with E-state index >= 15 is 0 Å². The largest absolute Gasteiger partial charge is 0.497 e. The fraction of sp³-hybridized carbons (Fsp3) is 0.471. The number of amides is 1. The number of piperidine rings is 1. The summed E-state index contributed by atoms with van der Waals surface area (Å²) in [6.45, 7) is 3.96. The number of anilines is 2. The molecule has 0 radical (unpaired) electrons. The van der Waals surface area contributed by atoms with Gasteiger partial charge in [-0.1, -0.05) is 30.0 Å². The van der Waals surface area contributed by atoms with Crippen LogP contribution in [0.25, 0.3) is 0 Å². The van der Waals surface area contributed by atoms with Gasteiger partial charge < -0.3 is 15.0 Å². The average Bonchev–Trinajstić information content (AvgIpc) is 3.08. The number of benzene rings is 1. The minimum absolute atomic E-state index is 0.191. The summed E-state index contributed by atoms with van der Waals surface area (Å²) in [6, 6.07) is 7.62. The van der Waals surface area contributed by atoms with E-state index in [1.807, 2.05) is 29.2 Å². The monoisotopic (exact) mass is 378 g/mol. The summed E-state index contributed by atoms with van der Waals surface area (Å²) >= 11 is 2.91. The van der Waals surface area contributed by atoms with Crippen molar-refractivity contribution in [2.75, 3.05) is 31.3 Å². The van der Waals surface area contributed by atoms with Crippen molar-refractivity contribution in [3.63, 3.8) is 0 Å². The molecule has 1 amide bonds. The highest BCUT2D eigenvalue weighted by Gasteiger charge is 2.21. The number of rotatable bonds is 6. The average molecular weight is 379 g/mol. The van der Waals surface area contributed by atoms with Crippen LogP contribution in [0.5, 0.6) is 5.75 Å². The van der Waals surface area contributed by atoms with E-state index < -0.39 is 0 Å². The van der Waals surface area contributed by atoms with Crippen molar-refractivity contribution in [2.45, 2.75) is 24.1 Å². The number of nitrogens with zero attached hydrogens (tertiary/aromatic N) is 3. The molecule has 0 bridgehead atoms. The number of hydrogen-bond donors (Lipinski definition) is 1. The third-order valence-electron chi connectivity index (χ3n) is 4.08. The number of likely N-dealkylation sites (tertiary alicyclic amines) is 1. The summed E-state index contributed by atoms with van der Waals surface area (Å²) in [5, 5.41) is 12.2. The number of carbonyl (C=O) groups excluding carboxylic acids is 1. The highest BCUT2D eigenvalue weighted by atomic mass is 32.2. The van der Waals surface area contributed by atoms with Crippen LogP contribution in [0.2, 0.25) is 0 Å². The molecule has 1 aromatic carbocycles. The van der Waals surface area contributed by atoms with Gasteiger partial charge in [0.1, 0.15) is 5.75 Å². The molecule has 1 aliphatic heterocycles. The van der Waals surface area contributed by atoms with Crippen molar-refractivity contribution in [1.82, 2.24) is 15.1 Å².